The number of hydrogen-bond acceptors (Lipinski definition) is 9. The van der Waals surface area contributed by atoms with E-state index in [9.17, 15) is 24.0 Å². The van der Waals surface area contributed by atoms with Gasteiger partial charge in [0.05, 0.1) is 28.7 Å². The number of carbonyl (C=O) groups excluding carboxylic acids is 5. The molecule has 1 heterocycles. The summed E-state index contributed by atoms with van der Waals surface area (Å²) in [7, 11) is 0. The van der Waals surface area contributed by atoms with E-state index in [0.29, 0.717) is 38.2 Å². The number of thioether (sulfide) groups is 1. The summed E-state index contributed by atoms with van der Waals surface area (Å²) in [6.07, 6.45) is -0.333. The van der Waals surface area contributed by atoms with Crippen LogP contribution in [0.5, 0.6) is 0 Å². The second-order valence-corrected chi connectivity index (χ2v) is 11.8. The molecule has 46 heavy (non-hydrogen) atoms. The number of carbonyl (C=O) groups is 5. The van der Waals surface area contributed by atoms with Gasteiger partial charge in [-0.15, -0.1) is 11.8 Å². The smallest absolute Gasteiger partial charge is 0.306 e. The number of ketones is 1. The lowest BCUT2D eigenvalue weighted by Crippen LogP contribution is -2.31. The van der Waals surface area contributed by atoms with E-state index in [0.717, 1.165) is 0 Å². The number of ether oxygens (including phenoxy) is 1. The Morgan fingerprint density at radius 3 is 2.26 bits per heavy atom. The number of nitrogens with zero attached hydrogens (tertiary/aromatic N) is 3. The molecule has 0 saturated carbocycles. The first-order valence-corrected chi connectivity index (χ1v) is 15.5. The number of benzene rings is 4. The lowest BCUT2D eigenvalue weighted by molar-refractivity contribution is -0.143. The molecule has 10 nitrogen and oxygen atoms in total. The zero-order valence-electron chi connectivity index (χ0n) is 24.3. The molecule has 0 spiro atoms. The molecule has 0 aromatic heterocycles. The van der Waals surface area contributed by atoms with Gasteiger partial charge in [-0.3, -0.25) is 24.0 Å². The highest BCUT2D eigenvalue weighted by Gasteiger charge is 2.40. The Kier molecular flexibility index (Phi) is 10.7. The molecule has 1 atom stereocenters. The van der Waals surface area contributed by atoms with Crippen LogP contribution in [0.3, 0.4) is 0 Å². The molecule has 0 unspecified atom stereocenters. The van der Waals surface area contributed by atoms with Crippen molar-refractivity contribution in [1.82, 2.24) is 0 Å². The second kappa shape index (κ2) is 15.2. The highest BCUT2D eigenvalue weighted by atomic mass is 35.5. The first-order chi connectivity index (χ1) is 22.2. The number of Topliss-reactive ketones (excluding diaryl/α,β-unsaturated/α-hetero) is 1. The Labute approximate surface area is 273 Å². The molecule has 4 aromatic carbocycles. The number of anilines is 2. The lowest BCUT2D eigenvalue weighted by atomic mass is 10.1. The van der Waals surface area contributed by atoms with Crippen molar-refractivity contribution in [3.05, 3.63) is 114 Å². The van der Waals surface area contributed by atoms with Crippen molar-refractivity contribution in [2.24, 2.45) is 10.2 Å². The van der Waals surface area contributed by atoms with Gasteiger partial charge >= 0.3 is 5.97 Å². The van der Waals surface area contributed by atoms with E-state index >= 15 is 0 Å². The standard InChI is InChI=1S/C34H27ClN4O6S/c35-23-11-9-22(10-12-23)29(40)21-45-33(43)18-17-31(41)36-26-7-4-8-28(19-26)46-30-20-32(42)39(34(30)44)27-15-13-25(14-16-27)38-37-24-5-2-1-3-6-24/h1-16,19,30H,17-18,20-21H2,(H,36,41)/t30-/m1/s1. The predicted molar refractivity (Wildman–Crippen MR) is 175 cm³/mol. The van der Waals surface area contributed by atoms with Crippen molar-refractivity contribution in [2.45, 2.75) is 29.4 Å². The first-order valence-electron chi connectivity index (χ1n) is 14.2. The molecule has 5 rings (SSSR count). The van der Waals surface area contributed by atoms with Gasteiger partial charge in [0.25, 0.3) is 0 Å². The number of rotatable bonds is 12. The molecule has 232 valence electrons. The van der Waals surface area contributed by atoms with Crippen LogP contribution in [0.25, 0.3) is 0 Å². The van der Waals surface area contributed by atoms with Crippen LogP contribution in [0.1, 0.15) is 29.6 Å². The fourth-order valence-corrected chi connectivity index (χ4v) is 5.67. The Hall–Kier alpha value is -5.13. The van der Waals surface area contributed by atoms with Gasteiger partial charge in [0, 0.05) is 34.0 Å². The van der Waals surface area contributed by atoms with Gasteiger partial charge in [-0.25, -0.2) is 4.90 Å². The molecule has 0 aliphatic carbocycles. The Bertz CT molecular complexity index is 1780. The highest BCUT2D eigenvalue weighted by molar-refractivity contribution is 8.00. The van der Waals surface area contributed by atoms with Gasteiger partial charge in [0.2, 0.25) is 17.7 Å². The molecule has 1 saturated heterocycles. The van der Waals surface area contributed by atoms with Crippen molar-refractivity contribution in [1.29, 1.82) is 0 Å². The molecule has 1 fully saturated rings. The van der Waals surface area contributed by atoms with Crippen LogP contribution in [-0.4, -0.2) is 41.3 Å². The minimum atomic E-state index is -0.679. The van der Waals surface area contributed by atoms with E-state index in [1.54, 1.807) is 60.7 Å². The van der Waals surface area contributed by atoms with Gasteiger partial charge in [0.15, 0.2) is 12.4 Å². The Balaban J connectivity index is 1.10. The van der Waals surface area contributed by atoms with E-state index in [1.807, 2.05) is 30.3 Å². The summed E-state index contributed by atoms with van der Waals surface area (Å²) < 4.78 is 5.00. The monoisotopic (exact) mass is 654 g/mol. The normalized spacial score (nSPS) is 14.5. The molecule has 1 N–H and O–H groups in total. The van der Waals surface area contributed by atoms with Gasteiger partial charge in [-0.1, -0.05) is 35.9 Å². The molecule has 3 amide bonds. The molecule has 0 radical (unpaired) electrons. The quantitative estimate of drug-likeness (QED) is 0.0732. The number of nitrogens with one attached hydrogen (secondary N) is 1. The average molecular weight is 655 g/mol. The Morgan fingerprint density at radius 2 is 1.54 bits per heavy atom. The number of azo groups is 1. The van der Waals surface area contributed by atoms with Crippen molar-refractivity contribution < 1.29 is 28.7 Å². The van der Waals surface area contributed by atoms with Crippen LogP contribution in [0.15, 0.2) is 118 Å². The number of hydrogen-bond donors (Lipinski definition) is 1. The summed E-state index contributed by atoms with van der Waals surface area (Å²) in [5.41, 5.74) is 2.57. The van der Waals surface area contributed by atoms with E-state index < -0.39 is 23.7 Å². The summed E-state index contributed by atoms with van der Waals surface area (Å²) in [6.45, 7) is -0.437. The first kappa shape index (κ1) is 32.3. The van der Waals surface area contributed by atoms with Crippen LogP contribution in [0, 0.1) is 0 Å². The molecular formula is C34H27ClN4O6S. The fourth-order valence-electron chi connectivity index (χ4n) is 4.43. The van der Waals surface area contributed by atoms with Gasteiger partial charge in [-0.2, -0.15) is 10.2 Å². The summed E-state index contributed by atoms with van der Waals surface area (Å²) in [6, 6.07) is 29.0. The predicted octanol–water partition coefficient (Wildman–Crippen LogP) is 7.32. The van der Waals surface area contributed by atoms with Crippen molar-refractivity contribution in [2.75, 3.05) is 16.8 Å². The van der Waals surface area contributed by atoms with Crippen LogP contribution >= 0.6 is 23.4 Å². The summed E-state index contributed by atoms with van der Waals surface area (Å²) in [4.78, 5) is 64.6. The van der Waals surface area contributed by atoms with Crippen molar-refractivity contribution in [3.8, 4) is 0 Å². The lowest BCUT2D eigenvalue weighted by Gasteiger charge is -2.15. The average Bonchev–Trinajstić information content (AvgIpc) is 3.34. The van der Waals surface area contributed by atoms with E-state index in [4.69, 9.17) is 16.3 Å². The van der Waals surface area contributed by atoms with Crippen molar-refractivity contribution >= 4 is 75.6 Å². The van der Waals surface area contributed by atoms with Crippen LogP contribution in [0.4, 0.5) is 22.7 Å². The van der Waals surface area contributed by atoms with Gasteiger partial charge in [0.1, 0.15) is 0 Å². The molecular weight excluding hydrogens is 628 g/mol. The van der Waals surface area contributed by atoms with E-state index in [1.165, 1.54) is 28.8 Å². The summed E-state index contributed by atoms with van der Waals surface area (Å²) in [5.74, 6) is -2.13. The third-order valence-electron chi connectivity index (χ3n) is 6.73. The van der Waals surface area contributed by atoms with Crippen molar-refractivity contribution in [3.63, 3.8) is 0 Å². The summed E-state index contributed by atoms with van der Waals surface area (Å²) >= 11 is 7.04. The number of halogens is 1. The maximum Gasteiger partial charge on any atom is 0.306 e. The largest absolute Gasteiger partial charge is 0.457 e. The number of amides is 3. The second-order valence-electron chi connectivity index (χ2n) is 10.1. The fraction of sp³-hybridized carbons (Fsp3) is 0.147. The van der Waals surface area contributed by atoms with Crippen LogP contribution < -0.4 is 10.2 Å². The summed E-state index contributed by atoms with van der Waals surface area (Å²) in [5, 5.41) is 10.9. The zero-order chi connectivity index (χ0) is 32.5. The third-order valence-corrected chi connectivity index (χ3v) is 8.16. The molecule has 0 bridgehead atoms. The topological polar surface area (TPSA) is 135 Å². The van der Waals surface area contributed by atoms with Gasteiger partial charge < -0.3 is 10.1 Å². The molecule has 1 aliphatic rings. The highest BCUT2D eigenvalue weighted by Crippen LogP contribution is 2.35. The maximum atomic E-state index is 13.2. The minimum absolute atomic E-state index is 0.0260. The van der Waals surface area contributed by atoms with Gasteiger partial charge in [-0.05, 0) is 78.9 Å². The van der Waals surface area contributed by atoms with Crippen LogP contribution in [0.2, 0.25) is 5.02 Å². The number of imide groups is 1. The minimum Gasteiger partial charge on any atom is -0.457 e. The molecule has 12 heteroatoms. The van der Waals surface area contributed by atoms with E-state index in [2.05, 4.69) is 15.5 Å². The molecule has 1 aliphatic heterocycles. The Morgan fingerprint density at radius 1 is 0.848 bits per heavy atom. The van der Waals surface area contributed by atoms with E-state index in [-0.39, 0.29) is 36.9 Å². The number of esters is 1. The maximum absolute atomic E-state index is 13.2. The third kappa shape index (κ3) is 8.74. The van der Waals surface area contributed by atoms with Crippen LogP contribution in [-0.2, 0) is 23.9 Å². The SMILES string of the molecule is O=C(CCC(=O)OCC(=O)c1ccc(Cl)cc1)Nc1cccc(S[C@@H]2CC(=O)N(c3ccc(N=Nc4ccccc4)cc3)C2=O)c1. The zero-order valence-corrected chi connectivity index (χ0v) is 25.9. The molecule has 4 aromatic rings.